The van der Waals surface area contributed by atoms with Crippen LogP contribution < -0.4 is 0 Å². The van der Waals surface area contributed by atoms with E-state index < -0.39 is 0 Å². The van der Waals surface area contributed by atoms with Crippen molar-refractivity contribution >= 4 is 23.2 Å². The lowest BCUT2D eigenvalue weighted by Crippen LogP contribution is -1.86. The van der Waals surface area contributed by atoms with Gasteiger partial charge in [-0.2, -0.15) is 0 Å². The van der Waals surface area contributed by atoms with Gasteiger partial charge in [0.2, 0.25) is 0 Å². The summed E-state index contributed by atoms with van der Waals surface area (Å²) < 4.78 is 0. The van der Waals surface area contributed by atoms with Gasteiger partial charge in [-0.3, -0.25) is 0 Å². The van der Waals surface area contributed by atoms with E-state index in [1.165, 1.54) is 16.7 Å². The normalized spacial score (nSPS) is 10.4. The summed E-state index contributed by atoms with van der Waals surface area (Å²) >= 11 is 11.7. The molecular formula is C14H12Cl2. The summed E-state index contributed by atoms with van der Waals surface area (Å²) in [6, 6.07) is 14.2. The van der Waals surface area contributed by atoms with Crippen molar-refractivity contribution in [2.75, 3.05) is 0 Å². The van der Waals surface area contributed by atoms with E-state index in [-0.39, 0.29) is 0 Å². The summed E-state index contributed by atoms with van der Waals surface area (Å²) in [5.41, 5.74) is 4.80. The first kappa shape index (κ1) is 11.5. The number of halogens is 2. The van der Waals surface area contributed by atoms with E-state index in [9.17, 15) is 0 Å². The van der Waals surface area contributed by atoms with Gasteiger partial charge in [-0.25, -0.2) is 0 Å². The Hall–Kier alpha value is -0.980. The molecule has 0 bridgehead atoms. The van der Waals surface area contributed by atoms with E-state index in [2.05, 4.69) is 25.1 Å². The second-order valence-electron chi connectivity index (χ2n) is 3.79. The van der Waals surface area contributed by atoms with Gasteiger partial charge >= 0.3 is 0 Å². The molecule has 0 unspecified atom stereocenters. The molecule has 0 saturated heterocycles. The molecule has 0 fully saturated rings. The Morgan fingerprint density at radius 3 is 2.25 bits per heavy atom. The van der Waals surface area contributed by atoms with E-state index in [1.54, 1.807) is 0 Å². The van der Waals surface area contributed by atoms with Crippen LogP contribution in [0.2, 0.25) is 5.02 Å². The Kier molecular flexibility index (Phi) is 3.52. The molecule has 2 heteroatoms. The molecule has 2 rings (SSSR count). The predicted octanol–water partition coefficient (Wildman–Crippen LogP) is 5.05. The van der Waals surface area contributed by atoms with Crippen molar-refractivity contribution < 1.29 is 0 Å². The molecule has 0 N–H and O–H groups in total. The largest absolute Gasteiger partial charge is 0.122 e. The molecule has 82 valence electrons. The zero-order valence-corrected chi connectivity index (χ0v) is 10.5. The van der Waals surface area contributed by atoms with E-state index in [0.717, 1.165) is 10.6 Å². The highest BCUT2D eigenvalue weighted by Crippen LogP contribution is 2.25. The molecule has 0 amide bonds. The van der Waals surface area contributed by atoms with Crippen LogP contribution in [0.15, 0.2) is 42.5 Å². The zero-order valence-electron chi connectivity index (χ0n) is 9.00. The first-order valence-corrected chi connectivity index (χ1v) is 6.03. The van der Waals surface area contributed by atoms with Crippen LogP contribution in [-0.2, 0) is 5.88 Å². The van der Waals surface area contributed by atoms with Crippen LogP contribution in [0.1, 0.15) is 11.1 Å². The van der Waals surface area contributed by atoms with Crippen LogP contribution in [0, 0.1) is 6.92 Å². The smallest absolute Gasteiger partial charge is 0.0474 e. The first-order valence-electron chi connectivity index (χ1n) is 5.12. The molecule has 16 heavy (non-hydrogen) atoms. The van der Waals surface area contributed by atoms with E-state index in [0.29, 0.717) is 5.88 Å². The molecular weight excluding hydrogens is 239 g/mol. The summed E-state index contributed by atoms with van der Waals surface area (Å²) in [6.45, 7) is 2.10. The Bertz CT molecular complexity index is 487. The monoisotopic (exact) mass is 250 g/mol. The third-order valence-corrected chi connectivity index (χ3v) is 3.16. The molecule has 0 aliphatic carbocycles. The highest BCUT2D eigenvalue weighted by molar-refractivity contribution is 6.30. The molecule has 0 atom stereocenters. The molecule has 0 heterocycles. The summed E-state index contributed by atoms with van der Waals surface area (Å²) in [5.74, 6) is 0.557. The van der Waals surface area contributed by atoms with Gasteiger partial charge in [0.05, 0.1) is 0 Å². The van der Waals surface area contributed by atoms with Crippen LogP contribution >= 0.6 is 23.2 Å². The summed E-state index contributed by atoms with van der Waals surface area (Å²) in [7, 11) is 0. The third kappa shape index (κ3) is 2.40. The fourth-order valence-electron chi connectivity index (χ4n) is 1.76. The minimum atomic E-state index is 0.557. The topological polar surface area (TPSA) is 0 Å². The average molecular weight is 251 g/mol. The molecule has 2 aromatic carbocycles. The van der Waals surface area contributed by atoms with Gasteiger partial charge in [0.15, 0.2) is 0 Å². The van der Waals surface area contributed by atoms with Gasteiger partial charge < -0.3 is 0 Å². The fraction of sp³-hybridized carbons (Fsp3) is 0.143. The lowest BCUT2D eigenvalue weighted by Gasteiger charge is -2.07. The van der Waals surface area contributed by atoms with Crippen LogP contribution in [0.25, 0.3) is 11.1 Å². The van der Waals surface area contributed by atoms with Crippen molar-refractivity contribution in [3.05, 3.63) is 58.6 Å². The van der Waals surface area contributed by atoms with Crippen LogP contribution in [0.5, 0.6) is 0 Å². The quantitative estimate of drug-likeness (QED) is 0.655. The number of alkyl halides is 1. The number of rotatable bonds is 2. The predicted molar refractivity (Wildman–Crippen MR) is 71.2 cm³/mol. The molecule has 0 nitrogen and oxygen atoms in total. The van der Waals surface area contributed by atoms with Gasteiger partial charge in [-0.05, 0) is 41.3 Å². The molecule has 0 aliphatic rings. The van der Waals surface area contributed by atoms with Crippen molar-refractivity contribution in [1.82, 2.24) is 0 Å². The standard InChI is InChI=1S/C14H12Cl2/c1-10-8-11(9-15)2-7-14(10)12-3-5-13(16)6-4-12/h2-8H,9H2,1H3. The van der Waals surface area contributed by atoms with E-state index >= 15 is 0 Å². The SMILES string of the molecule is Cc1cc(CCl)ccc1-c1ccc(Cl)cc1. The van der Waals surface area contributed by atoms with Crippen molar-refractivity contribution in [2.45, 2.75) is 12.8 Å². The summed E-state index contributed by atoms with van der Waals surface area (Å²) in [6.07, 6.45) is 0. The number of aryl methyl sites for hydroxylation is 1. The maximum atomic E-state index is 5.87. The minimum Gasteiger partial charge on any atom is -0.122 e. The molecule has 0 spiro atoms. The number of hydrogen-bond acceptors (Lipinski definition) is 0. The van der Waals surface area contributed by atoms with Crippen molar-refractivity contribution in [2.24, 2.45) is 0 Å². The Labute approximate surface area is 106 Å². The van der Waals surface area contributed by atoms with E-state index in [4.69, 9.17) is 23.2 Å². The summed E-state index contributed by atoms with van der Waals surface area (Å²) in [4.78, 5) is 0. The van der Waals surface area contributed by atoms with Crippen molar-refractivity contribution in [3.63, 3.8) is 0 Å². The second-order valence-corrected chi connectivity index (χ2v) is 4.49. The highest BCUT2D eigenvalue weighted by Gasteiger charge is 2.02. The summed E-state index contributed by atoms with van der Waals surface area (Å²) in [5, 5.41) is 0.763. The zero-order chi connectivity index (χ0) is 11.5. The minimum absolute atomic E-state index is 0.557. The molecule has 0 radical (unpaired) electrons. The van der Waals surface area contributed by atoms with Gasteiger partial charge in [0.1, 0.15) is 0 Å². The van der Waals surface area contributed by atoms with Crippen molar-refractivity contribution in [3.8, 4) is 11.1 Å². The first-order chi connectivity index (χ1) is 7.70. The maximum absolute atomic E-state index is 5.87. The number of benzene rings is 2. The van der Waals surface area contributed by atoms with Gasteiger partial charge in [-0.15, -0.1) is 11.6 Å². The van der Waals surface area contributed by atoms with Gasteiger partial charge in [0.25, 0.3) is 0 Å². The van der Waals surface area contributed by atoms with Crippen LogP contribution in [0.3, 0.4) is 0 Å². The lowest BCUT2D eigenvalue weighted by atomic mass is 9.99. The molecule has 2 aromatic rings. The van der Waals surface area contributed by atoms with Crippen LogP contribution in [-0.4, -0.2) is 0 Å². The fourth-order valence-corrected chi connectivity index (χ4v) is 2.05. The molecule has 0 aromatic heterocycles. The van der Waals surface area contributed by atoms with E-state index in [1.807, 2.05) is 24.3 Å². The van der Waals surface area contributed by atoms with Gasteiger partial charge in [0, 0.05) is 10.9 Å². The Morgan fingerprint density at radius 2 is 1.69 bits per heavy atom. The van der Waals surface area contributed by atoms with Crippen LogP contribution in [0.4, 0.5) is 0 Å². The van der Waals surface area contributed by atoms with Gasteiger partial charge in [-0.1, -0.05) is 41.9 Å². The third-order valence-electron chi connectivity index (χ3n) is 2.60. The Balaban J connectivity index is 2.44. The highest BCUT2D eigenvalue weighted by atomic mass is 35.5. The average Bonchev–Trinajstić information content (AvgIpc) is 2.30. The molecule has 0 saturated carbocycles. The van der Waals surface area contributed by atoms with Crippen molar-refractivity contribution in [1.29, 1.82) is 0 Å². The maximum Gasteiger partial charge on any atom is 0.0474 e. The number of hydrogen-bond donors (Lipinski definition) is 0. The lowest BCUT2D eigenvalue weighted by molar-refractivity contribution is 1.34. The Morgan fingerprint density at radius 1 is 1.00 bits per heavy atom. The molecule has 0 aliphatic heterocycles. The second kappa shape index (κ2) is 4.90.